The lowest BCUT2D eigenvalue weighted by Crippen LogP contribution is -2.20. The standard InChI is InChI=1S/C23H30N4O4P2/c1-7-24-32(28,25-8-2)30-21-15-11-19(12-16-21)23(5,6)20-13-17-22(18-14-20)31-33(29,26-9-3)27-10-4/h7-18H,1-4H2,5-6H3,(H2,24,25,28)(H2,26,27,29). The van der Waals surface area contributed by atoms with E-state index in [9.17, 15) is 9.13 Å². The zero-order chi connectivity index (χ0) is 24.5. The molecule has 8 nitrogen and oxygen atoms in total. The van der Waals surface area contributed by atoms with Gasteiger partial charge in [-0.25, -0.2) is 9.13 Å². The van der Waals surface area contributed by atoms with Gasteiger partial charge in [-0.3, -0.25) is 20.3 Å². The third kappa shape index (κ3) is 6.82. The summed E-state index contributed by atoms with van der Waals surface area (Å²) in [5.74, 6) is 0.844. The smallest absolute Gasteiger partial charge is 0.414 e. The summed E-state index contributed by atoms with van der Waals surface area (Å²) in [6.45, 7) is 18.2. The third-order valence-corrected chi connectivity index (χ3v) is 7.69. The molecule has 0 saturated carbocycles. The highest BCUT2D eigenvalue weighted by atomic mass is 31.2. The maximum atomic E-state index is 12.7. The highest BCUT2D eigenvalue weighted by molar-refractivity contribution is 7.55. The molecule has 0 saturated heterocycles. The highest BCUT2D eigenvalue weighted by Crippen LogP contribution is 2.41. The van der Waals surface area contributed by atoms with Crippen molar-refractivity contribution in [3.05, 3.63) is 111 Å². The van der Waals surface area contributed by atoms with E-state index in [0.717, 1.165) is 11.1 Å². The molecule has 2 rings (SSSR count). The molecule has 10 heteroatoms. The van der Waals surface area contributed by atoms with Crippen LogP contribution in [-0.4, -0.2) is 0 Å². The molecule has 0 spiro atoms. The summed E-state index contributed by atoms with van der Waals surface area (Å²) in [5.41, 5.74) is 1.67. The van der Waals surface area contributed by atoms with Gasteiger partial charge < -0.3 is 9.05 Å². The first kappa shape index (κ1) is 25.9. The van der Waals surface area contributed by atoms with Gasteiger partial charge in [0.05, 0.1) is 0 Å². The van der Waals surface area contributed by atoms with Gasteiger partial charge in [-0.05, 0) is 60.2 Å². The normalized spacial score (nSPS) is 11.5. The molecule has 4 N–H and O–H groups in total. The van der Waals surface area contributed by atoms with Crippen molar-refractivity contribution in [3.8, 4) is 11.5 Å². The summed E-state index contributed by atoms with van der Waals surface area (Å²) < 4.78 is 36.5. The molecule has 2 aromatic carbocycles. The van der Waals surface area contributed by atoms with Crippen molar-refractivity contribution in [2.24, 2.45) is 0 Å². The van der Waals surface area contributed by atoms with E-state index in [1.165, 1.54) is 24.8 Å². The molecule has 0 unspecified atom stereocenters. The van der Waals surface area contributed by atoms with Gasteiger partial charge in [-0.15, -0.1) is 0 Å². The number of benzene rings is 2. The quantitative estimate of drug-likeness (QED) is 0.243. The van der Waals surface area contributed by atoms with Crippen molar-refractivity contribution < 1.29 is 18.2 Å². The fraction of sp³-hybridized carbons (Fsp3) is 0.130. The summed E-state index contributed by atoms with van der Waals surface area (Å²) in [7, 11) is -6.77. The second-order valence-corrected chi connectivity index (χ2v) is 10.9. The summed E-state index contributed by atoms with van der Waals surface area (Å²) >= 11 is 0. The lowest BCUT2D eigenvalue weighted by molar-refractivity contribution is 0.466. The van der Waals surface area contributed by atoms with E-state index in [1.807, 2.05) is 24.3 Å². The molecule has 0 heterocycles. The van der Waals surface area contributed by atoms with E-state index in [-0.39, 0.29) is 5.41 Å². The van der Waals surface area contributed by atoms with E-state index in [1.54, 1.807) is 24.3 Å². The molecule has 0 fully saturated rings. The van der Waals surface area contributed by atoms with Crippen LogP contribution < -0.4 is 29.4 Å². The molecule has 176 valence electrons. The third-order valence-electron chi connectivity index (χ3n) is 4.66. The van der Waals surface area contributed by atoms with Crippen LogP contribution >= 0.6 is 15.3 Å². The van der Waals surface area contributed by atoms with Gasteiger partial charge in [0.15, 0.2) is 0 Å². The molecule has 33 heavy (non-hydrogen) atoms. The molecule has 0 aliphatic heterocycles. The Kier molecular flexibility index (Phi) is 8.63. The minimum Gasteiger partial charge on any atom is -0.414 e. The number of hydrogen-bond acceptors (Lipinski definition) is 4. The van der Waals surface area contributed by atoms with Crippen LogP contribution in [0, 0.1) is 0 Å². The van der Waals surface area contributed by atoms with Crippen molar-refractivity contribution in [2.45, 2.75) is 19.3 Å². The Bertz CT molecular complexity index is 969. The van der Waals surface area contributed by atoms with Crippen LogP contribution in [0.2, 0.25) is 0 Å². The van der Waals surface area contributed by atoms with E-state index >= 15 is 0 Å². The first-order valence-corrected chi connectivity index (χ1v) is 13.2. The number of hydrogen-bond donors (Lipinski definition) is 4. The van der Waals surface area contributed by atoms with Crippen molar-refractivity contribution in [1.82, 2.24) is 20.3 Å². The van der Waals surface area contributed by atoms with E-state index in [0.29, 0.717) is 11.5 Å². The summed E-state index contributed by atoms with van der Waals surface area (Å²) in [6.07, 6.45) is 5.17. The van der Waals surface area contributed by atoms with Crippen molar-refractivity contribution in [3.63, 3.8) is 0 Å². The molecule has 0 aliphatic carbocycles. The first-order chi connectivity index (χ1) is 15.6. The van der Waals surface area contributed by atoms with Crippen molar-refractivity contribution in [1.29, 1.82) is 0 Å². The predicted octanol–water partition coefficient (Wildman–Crippen LogP) is 5.92. The Morgan fingerprint density at radius 2 is 0.909 bits per heavy atom. The fourth-order valence-electron chi connectivity index (χ4n) is 2.99. The number of rotatable bonds is 14. The zero-order valence-electron chi connectivity index (χ0n) is 18.8. The van der Waals surface area contributed by atoms with Gasteiger partial charge in [0, 0.05) is 5.41 Å². The Balaban J connectivity index is 2.20. The predicted molar refractivity (Wildman–Crippen MR) is 135 cm³/mol. The molecular formula is C23H30N4O4P2. The number of nitrogens with one attached hydrogen (secondary N) is 4. The molecule has 0 atom stereocenters. The highest BCUT2D eigenvalue weighted by Gasteiger charge is 2.26. The van der Waals surface area contributed by atoms with Crippen LogP contribution in [-0.2, 0) is 14.5 Å². The largest absolute Gasteiger partial charge is 0.443 e. The lowest BCUT2D eigenvalue weighted by Gasteiger charge is -2.27. The van der Waals surface area contributed by atoms with Crippen LogP contribution in [0.4, 0.5) is 0 Å². The summed E-state index contributed by atoms with van der Waals surface area (Å²) in [5, 5.41) is 10.3. The van der Waals surface area contributed by atoms with E-state index in [2.05, 4.69) is 60.5 Å². The second kappa shape index (κ2) is 11.0. The lowest BCUT2D eigenvalue weighted by atomic mass is 9.78. The topological polar surface area (TPSA) is 101 Å². The average Bonchev–Trinajstić information content (AvgIpc) is 2.75. The molecule has 0 bridgehead atoms. The SMILES string of the molecule is C=CNP(=O)(NC=C)Oc1ccc(C(C)(C)c2ccc(OP(=O)(NC=C)NC=C)cc2)cc1. The van der Waals surface area contributed by atoms with Gasteiger partial charge >= 0.3 is 15.3 Å². The molecule has 0 aromatic heterocycles. The minimum atomic E-state index is -3.38. The molecule has 0 aliphatic rings. The van der Waals surface area contributed by atoms with Crippen LogP contribution in [0.25, 0.3) is 0 Å². The summed E-state index contributed by atoms with van der Waals surface area (Å²) in [6, 6.07) is 14.6. The van der Waals surface area contributed by atoms with Gasteiger partial charge in [-0.1, -0.05) is 64.4 Å². The Morgan fingerprint density at radius 3 is 1.15 bits per heavy atom. The summed E-state index contributed by atoms with van der Waals surface area (Å²) in [4.78, 5) is 0. The van der Waals surface area contributed by atoms with Crippen LogP contribution in [0.3, 0.4) is 0 Å². The molecule has 0 amide bonds. The second-order valence-electron chi connectivity index (χ2n) is 7.29. The maximum absolute atomic E-state index is 12.7. The van der Waals surface area contributed by atoms with Crippen LogP contribution in [0.15, 0.2) is 99.6 Å². The zero-order valence-corrected chi connectivity index (χ0v) is 20.6. The molecular weight excluding hydrogens is 458 g/mol. The fourth-order valence-corrected chi connectivity index (χ4v) is 5.15. The Labute approximate surface area is 195 Å². The van der Waals surface area contributed by atoms with E-state index in [4.69, 9.17) is 9.05 Å². The van der Waals surface area contributed by atoms with Crippen LogP contribution in [0.1, 0.15) is 25.0 Å². The molecule has 2 aromatic rings. The average molecular weight is 488 g/mol. The maximum Gasteiger partial charge on any atom is 0.443 e. The van der Waals surface area contributed by atoms with Gasteiger partial charge in [0.25, 0.3) is 0 Å². The van der Waals surface area contributed by atoms with Crippen molar-refractivity contribution >= 4 is 15.3 Å². The minimum absolute atomic E-state index is 0.359. The van der Waals surface area contributed by atoms with E-state index < -0.39 is 15.3 Å². The first-order valence-electron chi connectivity index (χ1n) is 9.96. The van der Waals surface area contributed by atoms with Gasteiger partial charge in [-0.2, -0.15) is 0 Å². The van der Waals surface area contributed by atoms with Gasteiger partial charge in [0.1, 0.15) is 11.5 Å². The van der Waals surface area contributed by atoms with Gasteiger partial charge in [0.2, 0.25) is 0 Å². The van der Waals surface area contributed by atoms with Crippen molar-refractivity contribution in [2.75, 3.05) is 0 Å². The Morgan fingerprint density at radius 1 is 0.636 bits per heavy atom. The Hall–Kier alpha value is -3.34. The molecule has 0 radical (unpaired) electrons. The monoisotopic (exact) mass is 488 g/mol. The van der Waals surface area contributed by atoms with Crippen LogP contribution in [0.5, 0.6) is 11.5 Å².